The molecule has 1 aromatic carbocycles. The second-order valence-corrected chi connectivity index (χ2v) is 4.68. The Balaban J connectivity index is 1.80. The van der Waals surface area contributed by atoms with Gasteiger partial charge in [0, 0.05) is 20.2 Å². The molecule has 0 spiro atoms. The van der Waals surface area contributed by atoms with Crippen molar-refractivity contribution in [3.05, 3.63) is 40.5 Å². The lowest BCUT2D eigenvalue weighted by molar-refractivity contribution is 0.198. The molecule has 114 valence electrons. The Morgan fingerprint density at radius 1 is 1.33 bits per heavy atom. The van der Waals surface area contributed by atoms with E-state index in [0.717, 1.165) is 5.56 Å². The van der Waals surface area contributed by atoms with Gasteiger partial charge >= 0.3 is 6.01 Å². The predicted molar refractivity (Wildman–Crippen MR) is 76.6 cm³/mol. The highest BCUT2D eigenvalue weighted by Crippen LogP contribution is 2.17. The third-order valence-corrected chi connectivity index (χ3v) is 2.94. The van der Waals surface area contributed by atoms with E-state index in [2.05, 4.69) is 20.8 Å². The average Bonchev–Trinajstić information content (AvgIpc) is 2.93. The van der Waals surface area contributed by atoms with Crippen LogP contribution in [0.2, 0.25) is 5.02 Å². The first-order valence-corrected chi connectivity index (χ1v) is 6.76. The number of benzene rings is 1. The maximum absolute atomic E-state index is 13.0. The Labute approximate surface area is 126 Å². The smallest absolute Gasteiger partial charge is 0.315 e. The maximum Gasteiger partial charge on any atom is 0.315 e. The van der Waals surface area contributed by atoms with Gasteiger partial charge in [0.2, 0.25) is 5.89 Å². The second-order valence-electron chi connectivity index (χ2n) is 4.27. The average molecular weight is 315 g/mol. The number of nitrogens with one attached hydrogen (secondary N) is 2. The quantitative estimate of drug-likeness (QED) is 0.728. The van der Waals surface area contributed by atoms with E-state index in [9.17, 15) is 4.39 Å². The first-order valence-electron chi connectivity index (χ1n) is 6.39. The molecule has 0 bridgehead atoms. The molecule has 8 heteroatoms. The van der Waals surface area contributed by atoms with Crippen LogP contribution in [-0.4, -0.2) is 30.5 Å². The standard InChI is InChI=1S/C13H16ClFN4O2/c1-20-5-4-16-8-12-18-19-13(21-12)17-7-9-2-3-11(15)10(14)6-9/h2-3,6,16H,4-5,7-8H2,1H3,(H,17,19). The van der Waals surface area contributed by atoms with Crippen molar-refractivity contribution in [1.82, 2.24) is 15.5 Å². The van der Waals surface area contributed by atoms with Gasteiger partial charge in [0.1, 0.15) is 5.82 Å². The summed E-state index contributed by atoms with van der Waals surface area (Å²) in [6, 6.07) is 4.81. The lowest BCUT2D eigenvalue weighted by atomic mass is 10.2. The molecule has 0 radical (unpaired) electrons. The molecule has 2 aromatic rings. The summed E-state index contributed by atoms with van der Waals surface area (Å²) in [5, 5.41) is 13.9. The van der Waals surface area contributed by atoms with Crippen LogP contribution in [0.5, 0.6) is 0 Å². The Kier molecular flexibility index (Phi) is 5.91. The Morgan fingerprint density at radius 3 is 2.95 bits per heavy atom. The summed E-state index contributed by atoms with van der Waals surface area (Å²) >= 11 is 5.71. The largest absolute Gasteiger partial charge is 0.407 e. The highest BCUT2D eigenvalue weighted by molar-refractivity contribution is 6.30. The Bertz CT molecular complexity index is 579. The van der Waals surface area contributed by atoms with Gasteiger partial charge in [0.25, 0.3) is 0 Å². The van der Waals surface area contributed by atoms with Crippen LogP contribution in [0.1, 0.15) is 11.5 Å². The summed E-state index contributed by atoms with van der Waals surface area (Å²) in [7, 11) is 1.64. The predicted octanol–water partition coefficient (Wildman–Crippen LogP) is 2.21. The highest BCUT2D eigenvalue weighted by Gasteiger charge is 2.06. The molecule has 6 nitrogen and oxygen atoms in total. The molecule has 1 heterocycles. The zero-order valence-electron chi connectivity index (χ0n) is 11.5. The van der Waals surface area contributed by atoms with Crippen molar-refractivity contribution in [2.45, 2.75) is 13.1 Å². The summed E-state index contributed by atoms with van der Waals surface area (Å²) < 4.78 is 23.3. The first kappa shape index (κ1) is 15.7. The zero-order valence-corrected chi connectivity index (χ0v) is 12.3. The number of ether oxygens (including phenoxy) is 1. The van der Waals surface area contributed by atoms with Crippen molar-refractivity contribution in [2.75, 3.05) is 25.6 Å². The number of rotatable bonds is 8. The second kappa shape index (κ2) is 7.92. The Hall–Kier alpha value is -1.70. The fourth-order valence-electron chi connectivity index (χ4n) is 1.59. The molecule has 0 atom stereocenters. The van der Waals surface area contributed by atoms with E-state index >= 15 is 0 Å². The minimum Gasteiger partial charge on any atom is -0.407 e. The van der Waals surface area contributed by atoms with Crippen molar-refractivity contribution in [2.24, 2.45) is 0 Å². The number of halogens is 2. The SMILES string of the molecule is COCCNCc1nnc(NCc2ccc(F)c(Cl)c2)o1. The molecule has 21 heavy (non-hydrogen) atoms. The van der Waals surface area contributed by atoms with Gasteiger partial charge in [0.05, 0.1) is 18.2 Å². The van der Waals surface area contributed by atoms with Gasteiger partial charge < -0.3 is 19.8 Å². The Morgan fingerprint density at radius 2 is 2.19 bits per heavy atom. The number of nitrogens with zero attached hydrogens (tertiary/aromatic N) is 2. The molecule has 1 aromatic heterocycles. The van der Waals surface area contributed by atoms with Crippen LogP contribution in [0.3, 0.4) is 0 Å². The summed E-state index contributed by atoms with van der Waals surface area (Å²) in [5.41, 5.74) is 0.819. The molecule has 0 aliphatic carbocycles. The van der Waals surface area contributed by atoms with Crippen molar-refractivity contribution in [1.29, 1.82) is 0 Å². The molecule has 0 aliphatic heterocycles. The molecular weight excluding hydrogens is 299 g/mol. The van der Waals surface area contributed by atoms with Gasteiger partial charge in [-0.3, -0.25) is 0 Å². The van der Waals surface area contributed by atoms with Gasteiger partial charge in [-0.05, 0) is 17.7 Å². The van der Waals surface area contributed by atoms with E-state index in [4.69, 9.17) is 20.8 Å². The fraction of sp³-hybridized carbons (Fsp3) is 0.385. The van der Waals surface area contributed by atoms with Crippen molar-refractivity contribution < 1.29 is 13.5 Å². The van der Waals surface area contributed by atoms with Crippen molar-refractivity contribution in [3.63, 3.8) is 0 Å². The van der Waals surface area contributed by atoms with Gasteiger partial charge in [0.15, 0.2) is 0 Å². The number of aromatic nitrogens is 2. The first-order chi connectivity index (χ1) is 10.2. The van der Waals surface area contributed by atoms with Gasteiger partial charge in [-0.15, -0.1) is 5.10 Å². The van der Waals surface area contributed by atoms with Crippen molar-refractivity contribution >= 4 is 17.6 Å². The maximum atomic E-state index is 13.0. The van der Waals surface area contributed by atoms with Crippen LogP contribution < -0.4 is 10.6 Å². The van der Waals surface area contributed by atoms with Gasteiger partial charge in [-0.1, -0.05) is 22.8 Å². The summed E-state index contributed by atoms with van der Waals surface area (Å²) in [6.07, 6.45) is 0. The lowest BCUT2D eigenvalue weighted by Crippen LogP contribution is -2.18. The van der Waals surface area contributed by atoms with Crippen LogP contribution in [0.15, 0.2) is 22.6 Å². The van der Waals surface area contributed by atoms with E-state index in [0.29, 0.717) is 38.1 Å². The fourth-order valence-corrected chi connectivity index (χ4v) is 1.80. The molecule has 0 aliphatic rings. The molecule has 2 rings (SSSR count). The summed E-state index contributed by atoms with van der Waals surface area (Å²) in [4.78, 5) is 0. The van der Waals surface area contributed by atoms with E-state index in [1.165, 1.54) is 6.07 Å². The number of anilines is 1. The van der Waals surface area contributed by atoms with E-state index in [1.807, 2.05) is 0 Å². The highest BCUT2D eigenvalue weighted by atomic mass is 35.5. The van der Waals surface area contributed by atoms with E-state index in [1.54, 1.807) is 19.2 Å². The molecule has 0 saturated carbocycles. The third kappa shape index (κ3) is 4.96. The minimum absolute atomic E-state index is 0.0860. The molecule has 0 fully saturated rings. The third-order valence-electron chi connectivity index (χ3n) is 2.65. The lowest BCUT2D eigenvalue weighted by Gasteiger charge is -2.03. The molecule has 0 saturated heterocycles. The number of hydrogen-bond acceptors (Lipinski definition) is 6. The topological polar surface area (TPSA) is 72.2 Å². The van der Waals surface area contributed by atoms with Crippen LogP contribution in [0.4, 0.5) is 10.4 Å². The van der Waals surface area contributed by atoms with Gasteiger partial charge in [-0.2, -0.15) is 0 Å². The molecule has 0 unspecified atom stereocenters. The van der Waals surface area contributed by atoms with Crippen LogP contribution >= 0.6 is 11.6 Å². The molecule has 2 N–H and O–H groups in total. The molecule has 0 amide bonds. The normalized spacial score (nSPS) is 10.8. The van der Waals surface area contributed by atoms with Crippen LogP contribution in [0.25, 0.3) is 0 Å². The summed E-state index contributed by atoms with van der Waals surface area (Å²) in [6.45, 7) is 2.21. The monoisotopic (exact) mass is 314 g/mol. The zero-order chi connectivity index (χ0) is 15.1. The van der Waals surface area contributed by atoms with Crippen LogP contribution in [-0.2, 0) is 17.8 Å². The van der Waals surface area contributed by atoms with E-state index < -0.39 is 5.82 Å². The van der Waals surface area contributed by atoms with Crippen LogP contribution in [0, 0.1) is 5.82 Å². The van der Waals surface area contributed by atoms with Gasteiger partial charge in [-0.25, -0.2) is 4.39 Å². The van der Waals surface area contributed by atoms with Crippen molar-refractivity contribution in [3.8, 4) is 0 Å². The molecular formula is C13H16ClFN4O2. The van der Waals surface area contributed by atoms with E-state index in [-0.39, 0.29) is 5.02 Å². The minimum atomic E-state index is -0.442. The number of hydrogen-bond donors (Lipinski definition) is 2. The number of methoxy groups -OCH3 is 1. The summed E-state index contributed by atoms with van der Waals surface area (Å²) in [5.74, 6) is 0.0355.